The monoisotopic (exact) mass is 511 g/mol. The molecule has 0 saturated carbocycles. The number of nitriles is 1. The van der Waals surface area contributed by atoms with E-state index in [1.165, 1.54) is 24.1 Å². The molecule has 0 bridgehead atoms. The Kier molecular flexibility index (Phi) is 5.71. The van der Waals surface area contributed by atoms with E-state index in [1.54, 1.807) is 24.3 Å². The molecule has 1 heterocycles. The Bertz CT molecular complexity index is 1280. The van der Waals surface area contributed by atoms with Crippen molar-refractivity contribution in [1.29, 1.82) is 5.26 Å². The van der Waals surface area contributed by atoms with E-state index < -0.39 is 11.7 Å². The number of methoxy groups -OCH3 is 1. The molecule has 33 heavy (non-hydrogen) atoms. The molecule has 0 aromatic heterocycles. The summed E-state index contributed by atoms with van der Waals surface area (Å²) in [7, 11) is 1.42. The number of carbonyl (C=O) groups excluding carboxylic acids is 1. The predicted octanol–water partition coefficient (Wildman–Crippen LogP) is 5.24. The van der Waals surface area contributed by atoms with Crippen LogP contribution in [-0.2, 0) is 4.79 Å². The number of hydrogen-bond donors (Lipinski definition) is 2. The summed E-state index contributed by atoms with van der Waals surface area (Å²) in [4.78, 5) is 15.0. The Balaban J connectivity index is 2.02. The predicted molar refractivity (Wildman–Crippen MR) is 126 cm³/mol. The summed E-state index contributed by atoms with van der Waals surface area (Å²) < 4.78 is 20.9. The first-order valence-electron chi connectivity index (χ1n) is 10.4. The van der Waals surface area contributed by atoms with E-state index in [1.807, 2.05) is 13.8 Å². The molecule has 170 valence electrons. The summed E-state index contributed by atoms with van der Waals surface area (Å²) >= 11 is 3.26. The van der Waals surface area contributed by atoms with Crippen LogP contribution >= 0.6 is 15.9 Å². The Labute approximate surface area is 199 Å². The van der Waals surface area contributed by atoms with Crippen LogP contribution in [0.2, 0.25) is 0 Å². The first-order valence-corrected chi connectivity index (χ1v) is 11.2. The van der Waals surface area contributed by atoms with E-state index in [0.29, 0.717) is 27.7 Å². The first-order chi connectivity index (χ1) is 15.6. The molecule has 0 amide bonds. The number of benzene rings is 2. The van der Waals surface area contributed by atoms with Crippen molar-refractivity contribution < 1.29 is 19.0 Å². The van der Waals surface area contributed by atoms with Crippen LogP contribution in [0.15, 0.2) is 63.5 Å². The summed E-state index contributed by atoms with van der Waals surface area (Å²) in [5.74, 6) is -1.18. The van der Waals surface area contributed by atoms with Crippen LogP contribution in [0.4, 0.5) is 10.1 Å². The molecule has 0 fully saturated rings. The van der Waals surface area contributed by atoms with Gasteiger partial charge in [-0.25, -0.2) is 4.39 Å². The molecule has 3 N–H and O–H groups in total. The third-order valence-electron chi connectivity index (χ3n) is 6.07. The number of nitrogens with zero attached hydrogens (tertiary/aromatic N) is 2. The van der Waals surface area contributed by atoms with Gasteiger partial charge in [0.15, 0.2) is 17.3 Å². The van der Waals surface area contributed by atoms with E-state index in [0.717, 1.165) is 0 Å². The van der Waals surface area contributed by atoms with Gasteiger partial charge in [0.05, 0.1) is 30.4 Å². The maximum atomic E-state index is 15.1. The van der Waals surface area contributed by atoms with Gasteiger partial charge in [0.25, 0.3) is 0 Å². The normalized spacial score (nSPS) is 19.9. The van der Waals surface area contributed by atoms with Gasteiger partial charge in [-0.2, -0.15) is 5.26 Å². The lowest BCUT2D eigenvalue weighted by molar-refractivity contribution is -0.118. The van der Waals surface area contributed by atoms with E-state index in [4.69, 9.17) is 10.5 Å². The highest BCUT2D eigenvalue weighted by Crippen LogP contribution is 2.51. The minimum Gasteiger partial charge on any atom is -0.504 e. The van der Waals surface area contributed by atoms with Crippen LogP contribution in [0, 0.1) is 22.6 Å². The first kappa shape index (κ1) is 22.9. The third kappa shape index (κ3) is 3.87. The lowest BCUT2D eigenvalue weighted by Crippen LogP contribution is -2.42. The second-order valence-electron chi connectivity index (χ2n) is 9.01. The smallest absolute Gasteiger partial charge is 0.162 e. The number of aromatic hydroxyl groups is 1. The molecule has 0 saturated heterocycles. The Hall–Kier alpha value is -3.31. The molecule has 1 aliphatic heterocycles. The lowest BCUT2D eigenvalue weighted by atomic mass is 9.68. The van der Waals surface area contributed by atoms with Crippen molar-refractivity contribution in [2.75, 3.05) is 12.0 Å². The number of rotatable bonds is 3. The number of halogens is 2. The van der Waals surface area contributed by atoms with Crippen LogP contribution < -0.4 is 15.4 Å². The number of hydrogen-bond acceptors (Lipinski definition) is 6. The Morgan fingerprint density at radius 2 is 2.00 bits per heavy atom. The number of nitrogens with two attached hydrogens (primary N) is 1. The Morgan fingerprint density at radius 1 is 1.27 bits per heavy atom. The molecule has 4 rings (SSSR count). The topological polar surface area (TPSA) is 99.6 Å². The summed E-state index contributed by atoms with van der Waals surface area (Å²) in [5.41, 5.74) is 8.02. The molecule has 8 heteroatoms. The standard InChI is InChI=1S/C25H23BrFN3O3/c1-25(2)10-18-23(20(32)11-25)22(13-4-7-19(31)21(8-13)33-3)15(12-28)24(29)30(18)17-6-5-14(26)9-16(17)27/h4-9,22,31H,10-11,29H2,1-3H3. The van der Waals surface area contributed by atoms with Gasteiger partial charge in [0.2, 0.25) is 0 Å². The number of phenols is 1. The average Bonchev–Trinajstić information content (AvgIpc) is 2.73. The summed E-state index contributed by atoms with van der Waals surface area (Å²) in [6.45, 7) is 3.95. The Morgan fingerprint density at radius 3 is 2.64 bits per heavy atom. The fraction of sp³-hybridized carbons (Fsp3) is 0.280. The van der Waals surface area contributed by atoms with Crippen molar-refractivity contribution in [1.82, 2.24) is 0 Å². The van der Waals surface area contributed by atoms with E-state index in [9.17, 15) is 15.2 Å². The molecular weight excluding hydrogens is 489 g/mol. The van der Waals surface area contributed by atoms with Crippen molar-refractivity contribution in [2.45, 2.75) is 32.6 Å². The zero-order valence-corrected chi connectivity index (χ0v) is 20.0. The molecule has 2 aromatic carbocycles. The molecule has 2 aliphatic rings. The number of anilines is 1. The highest BCUT2D eigenvalue weighted by atomic mass is 79.9. The summed E-state index contributed by atoms with van der Waals surface area (Å²) in [5, 5.41) is 20.1. The fourth-order valence-corrected chi connectivity index (χ4v) is 4.99. The zero-order valence-electron chi connectivity index (χ0n) is 18.4. The van der Waals surface area contributed by atoms with Gasteiger partial charge in [0, 0.05) is 22.2 Å². The van der Waals surface area contributed by atoms with Crippen LogP contribution in [0.3, 0.4) is 0 Å². The van der Waals surface area contributed by atoms with Gasteiger partial charge in [-0.3, -0.25) is 9.69 Å². The molecule has 2 aromatic rings. The molecule has 0 radical (unpaired) electrons. The minimum absolute atomic E-state index is 0.0589. The highest BCUT2D eigenvalue weighted by molar-refractivity contribution is 9.10. The van der Waals surface area contributed by atoms with Crippen molar-refractivity contribution in [3.8, 4) is 17.6 Å². The van der Waals surface area contributed by atoms with Crippen molar-refractivity contribution in [3.05, 3.63) is 74.9 Å². The van der Waals surface area contributed by atoms with Gasteiger partial charge >= 0.3 is 0 Å². The molecule has 0 spiro atoms. The average molecular weight is 512 g/mol. The fourth-order valence-electron chi connectivity index (χ4n) is 4.65. The van der Waals surface area contributed by atoms with Gasteiger partial charge in [0.1, 0.15) is 11.6 Å². The van der Waals surface area contributed by atoms with Crippen molar-refractivity contribution >= 4 is 27.4 Å². The molecule has 6 nitrogen and oxygen atoms in total. The van der Waals surface area contributed by atoms with Gasteiger partial charge in [-0.1, -0.05) is 35.8 Å². The molecule has 1 aliphatic carbocycles. The number of Topliss-reactive ketones (excluding diaryl/α,β-unsaturated/α-hetero) is 1. The van der Waals surface area contributed by atoms with Crippen LogP contribution in [-0.4, -0.2) is 18.0 Å². The number of phenolic OH excluding ortho intramolecular Hbond substituents is 1. The SMILES string of the molecule is COc1cc(C2C(C#N)=C(N)N(c3ccc(Br)cc3F)C3=C2C(=O)CC(C)(C)C3)ccc1O. The number of ketones is 1. The van der Waals surface area contributed by atoms with Crippen LogP contribution in [0.1, 0.15) is 38.2 Å². The maximum absolute atomic E-state index is 15.1. The number of allylic oxidation sites excluding steroid dienone is 3. The van der Waals surface area contributed by atoms with E-state index >= 15 is 4.39 Å². The largest absolute Gasteiger partial charge is 0.504 e. The van der Waals surface area contributed by atoms with Crippen LogP contribution in [0.5, 0.6) is 11.5 Å². The summed E-state index contributed by atoms with van der Waals surface area (Å²) in [6.07, 6.45) is 0.752. The third-order valence-corrected chi connectivity index (χ3v) is 6.56. The van der Waals surface area contributed by atoms with E-state index in [-0.39, 0.29) is 46.2 Å². The number of carbonyl (C=O) groups is 1. The second-order valence-corrected chi connectivity index (χ2v) is 9.92. The lowest BCUT2D eigenvalue weighted by Gasteiger charge is -2.43. The van der Waals surface area contributed by atoms with Gasteiger partial charge < -0.3 is 15.6 Å². The quantitative estimate of drug-likeness (QED) is 0.584. The van der Waals surface area contributed by atoms with Crippen molar-refractivity contribution in [3.63, 3.8) is 0 Å². The number of ether oxygens (including phenoxy) is 1. The van der Waals surface area contributed by atoms with Crippen LogP contribution in [0.25, 0.3) is 0 Å². The molecule has 1 unspecified atom stereocenters. The van der Waals surface area contributed by atoms with E-state index in [2.05, 4.69) is 22.0 Å². The van der Waals surface area contributed by atoms with Gasteiger partial charge in [-0.15, -0.1) is 0 Å². The second kappa shape index (κ2) is 8.23. The minimum atomic E-state index is -0.752. The van der Waals surface area contributed by atoms with Crippen molar-refractivity contribution in [2.24, 2.45) is 11.1 Å². The highest BCUT2D eigenvalue weighted by Gasteiger charge is 2.45. The zero-order chi connectivity index (χ0) is 24.1. The van der Waals surface area contributed by atoms with Gasteiger partial charge in [-0.05, 0) is 47.7 Å². The summed E-state index contributed by atoms with van der Waals surface area (Å²) in [6, 6.07) is 11.4. The maximum Gasteiger partial charge on any atom is 0.162 e. The molecule has 1 atom stereocenters. The molecular formula is C25H23BrFN3O3.